The minimum Gasteiger partial charge on any atom is -0.463 e. The predicted octanol–water partition coefficient (Wildman–Crippen LogP) is 2.48. The monoisotopic (exact) mass is 266 g/mol. The Morgan fingerprint density at radius 2 is 1.84 bits per heavy atom. The molecule has 0 bridgehead atoms. The normalized spacial score (nSPS) is 11.8. The van der Waals surface area contributed by atoms with E-state index in [0.717, 1.165) is 18.6 Å². The molecule has 1 atom stereocenters. The van der Waals surface area contributed by atoms with E-state index < -0.39 is 18.0 Å². The molecule has 0 radical (unpaired) electrons. The van der Waals surface area contributed by atoms with Gasteiger partial charge in [-0.25, -0.2) is 9.59 Å². The predicted molar refractivity (Wildman–Crippen MR) is 73.2 cm³/mol. The van der Waals surface area contributed by atoms with Gasteiger partial charge in [-0.05, 0) is 25.7 Å². The van der Waals surface area contributed by atoms with Gasteiger partial charge in [0.15, 0.2) is 6.10 Å². The van der Waals surface area contributed by atoms with E-state index in [-0.39, 0.29) is 0 Å². The molecule has 4 heteroatoms. The first-order chi connectivity index (χ1) is 8.99. The number of esters is 2. The third kappa shape index (κ3) is 9.90. The maximum absolute atomic E-state index is 11.4. The molecule has 0 fully saturated rings. The van der Waals surface area contributed by atoms with E-state index in [1.807, 2.05) is 20.8 Å². The third-order valence-electron chi connectivity index (χ3n) is 2.23. The second kappa shape index (κ2) is 10.2. The van der Waals surface area contributed by atoms with Crippen molar-refractivity contribution in [2.75, 3.05) is 6.61 Å². The van der Waals surface area contributed by atoms with Gasteiger partial charge in [-0.3, -0.25) is 0 Å². The van der Waals surface area contributed by atoms with Crippen molar-refractivity contribution in [1.82, 2.24) is 0 Å². The average molecular weight is 266 g/mol. The number of hydrogen-bond acceptors (Lipinski definition) is 4. The average Bonchev–Trinajstić information content (AvgIpc) is 2.35. The van der Waals surface area contributed by atoms with Gasteiger partial charge in [0.05, 0.1) is 6.61 Å². The molecule has 0 aromatic rings. The number of hydrogen-bond donors (Lipinski definition) is 0. The second-order valence-electron chi connectivity index (χ2n) is 4.41. The van der Waals surface area contributed by atoms with Crippen LogP contribution in [0.5, 0.6) is 0 Å². The molecule has 0 aromatic heterocycles. The van der Waals surface area contributed by atoms with Crippen LogP contribution in [0.4, 0.5) is 0 Å². The van der Waals surface area contributed by atoms with Crippen molar-refractivity contribution < 1.29 is 19.1 Å². The Bertz CT molecular complexity index is 371. The number of carbonyl (C=O) groups is 2. The van der Waals surface area contributed by atoms with Crippen molar-refractivity contribution in [2.45, 2.75) is 46.6 Å². The molecule has 106 valence electrons. The Hall–Kier alpha value is -1.76. The fraction of sp³-hybridized carbons (Fsp3) is 0.600. The first-order valence-electron chi connectivity index (χ1n) is 6.47. The van der Waals surface area contributed by atoms with Crippen LogP contribution >= 0.6 is 0 Å². The van der Waals surface area contributed by atoms with E-state index in [9.17, 15) is 9.59 Å². The molecule has 0 spiro atoms. The van der Waals surface area contributed by atoms with E-state index in [2.05, 4.69) is 11.8 Å². The summed E-state index contributed by atoms with van der Waals surface area (Å²) in [5, 5.41) is 0. The molecule has 0 saturated heterocycles. The van der Waals surface area contributed by atoms with Gasteiger partial charge in [0.25, 0.3) is 0 Å². The summed E-state index contributed by atoms with van der Waals surface area (Å²) in [5.41, 5.74) is 0. The highest BCUT2D eigenvalue weighted by Crippen LogP contribution is 2.00. The number of rotatable bonds is 7. The maximum Gasteiger partial charge on any atom is 0.332 e. The molecular formula is C15H22O4. The van der Waals surface area contributed by atoms with Crippen LogP contribution in [0.15, 0.2) is 12.2 Å². The molecule has 1 unspecified atom stereocenters. The van der Waals surface area contributed by atoms with Crippen LogP contribution in [0.3, 0.4) is 0 Å². The van der Waals surface area contributed by atoms with Crippen LogP contribution in [-0.2, 0) is 19.1 Å². The molecular weight excluding hydrogens is 244 g/mol. The van der Waals surface area contributed by atoms with Crippen LogP contribution in [0.1, 0.15) is 40.5 Å². The summed E-state index contributed by atoms with van der Waals surface area (Å²) in [7, 11) is 0. The molecule has 0 aliphatic rings. The third-order valence-corrected chi connectivity index (χ3v) is 2.23. The fourth-order valence-corrected chi connectivity index (χ4v) is 1.13. The zero-order chi connectivity index (χ0) is 14.7. The Kier molecular flexibility index (Phi) is 9.25. The minimum atomic E-state index is -0.588. The quantitative estimate of drug-likeness (QED) is 0.403. The van der Waals surface area contributed by atoms with Crippen LogP contribution in [0.2, 0.25) is 0 Å². The highest BCUT2D eigenvalue weighted by molar-refractivity contribution is 5.91. The molecule has 0 aromatic carbocycles. The lowest BCUT2D eigenvalue weighted by molar-refractivity contribution is -0.142. The van der Waals surface area contributed by atoms with E-state index in [1.54, 1.807) is 6.92 Å². The molecule has 0 rings (SSSR count). The first kappa shape index (κ1) is 17.2. The standard InChI is InChI=1S/C15H22O4/c1-5-7-13(6-2)19-15(17)9-8-14(16)18-11-10-12(3)4/h8-9,12-13H,6,10-11H2,1-4H3/b9-8+. The Balaban J connectivity index is 4.05. The zero-order valence-corrected chi connectivity index (χ0v) is 12.1. The van der Waals surface area contributed by atoms with Crippen molar-refractivity contribution in [3.8, 4) is 11.8 Å². The van der Waals surface area contributed by atoms with Crippen LogP contribution in [-0.4, -0.2) is 24.6 Å². The first-order valence-corrected chi connectivity index (χ1v) is 6.47. The van der Waals surface area contributed by atoms with Gasteiger partial charge in [-0.2, -0.15) is 0 Å². The van der Waals surface area contributed by atoms with Crippen molar-refractivity contribution in [2.24, 2.45) is 5.92 Å². The summed E-state index contributed by atoms with van der Waals surface area (Å²) in [6.45, 7) is 7.99. The van der Waals surface area contributed by atoms with E-state index in [0.29, 0.717) is 18.9 Å². The highest BCUT2D eigenvalue weighted by Gasteiger charge is 2.07. The zero-order valence-electron chi connectivity index (χ0n) is 12.1. The van der Waals surface area contributed by atoms with Gasteiger partial charge in [0.2, 0.25) is 0 Å². The SMILES string of the molecule is CC#CC(CC)OC(=O)/C=C/C(=O)OCCC(C)C. The Morgan fingerprint density at radius 3 is 2.37 bits per heavy atom. The van der Waals surface area contributed by atoms with Gasteiger partial charge in [-0.1, -0.05) is 26.7 Å². The van der Waals surface area contributed by atoms with Crippen molar-refractivity contribution in [1.29, 1.82) is 0 Å². The lowest BCUT2D eigenvalue weighted by Gasteiger charge is -2.07. The summed E-state index contributed by atoms with van der Waals surface area (Å²) >= 11 is 0. The summed E-state index contributed by atoms with van der Waals surface area (Å²) in [6, 6.07) is 0. The summed E-state index contributed by atoms with van der Waals surface area (Å²) < 4.78 is 9.95. The fourth-order valence-electron chi connectivity index (χ4n) is 1.13. The molecule has 19 heavy (non-hydrogen) atoms. The molecule has 0 saturated carbocycles. The van der Waals surface area contributed by atoms with Crippen LogP contribution < -0.4 is 0 Å². The van der Waals surface area contributed by atoms with Gasteiger partial charge in [0, 0.05) is 12.2 Å². The molecule has 0 heterocycles. The molecule has 0 aliphatic carbocycles. The molecule has 4 nitrogen and oxygen atoms in total. The summed E-state index contributed by atoms with van der Waals surface area (Å²) in [5.74, 6) is 4.79. The largest absolute Gasteiger partial charge is 0.463 e. The number of ether oxygens (including phenoxy) is 2. The Labute approximate surface area is 115 Å². The van der Waals surface area contributed by atoms with Crippen LogP contribution in [0.25, 0.3) is 0 Å². The number of carbonyl (C=O) groups excluding carboxylic acids is 2. The highest BCUT2D eigenvalue weighted by atomic mass is 16.5. The second-order valence-corrected chi connectivity index (χ2v) is 4.41. The van der Waals surface area contributed by atoms with Gasteiger partial charge in [-0.15, -0.1) is 5.92 Å². The lowest BCUT2D eigenvalue weighted by Crippen LogP contribution is -2.14. The van der Waals surface area contributed by atoms with Gasteiger partial charge < -0.3 is 9.47 Å². The lowest BCUT2D eigenvalue weighted by atomic mass is 10.1. The van der Waals surface area contributed by atoms with Gasteiger partial charge >= 0.3 is 11.9 Å². The molecule has 0 N–H and O–H groups in total. The van der Waals surface area contributed by atoms with Crippen LogP contribution in [0, 0.1) is 17.8 Å². The smallest absolute Gasteiger partial charge is 0.332 e. The van der Waals surface area contributed by atoms with Crippen molar-refractivity contribution in [3.63, 3.8) is 0 Å². The molecule has 0 amide bonds. The van der Waals surface area contributed by atoms with E-state index >= 15 is 0 Å². The summed E-state index contributed by atoms with van der Waals surface area (Å²) in [4.78, 5) is 22.7. The van der Waals surface area contributed by atoms with Crippen molar-refractivity contribution in [3.05, 3.63) is 12.2 Å². The Morgan fingerprint density at radius 1 is 1.21 bits per heavy atom. The minimum absolute atomic E-state index is 0.356. The van der Waals surface area contributed by atoms with Crippen molar-refractivity contribution >= 4 is 11.9 Å². The maximum atomic E-state index is 11.4. The van der Waals surface area contributed by atoms with E-state index in [1.165, 1.54) is 0 Å². The van der Waals surface area contributed by atoms with Gasteiger partial charge in [0.1, 0.15) is 0 Å². The van der Waals surface area contributed by atoms with E-state index in [4.69, 9.17) is 9.47 Å². The summed E-state index contributed by atoms with van der Waals surface area (Å²) in [6.07, 6.45) is 3.12. The molecule has 0 aliphatic heterocycles. The topological polar surface area (TPSA) is 52.6 Å².